The Bertz CT molecular complexity index is 2280. The topological polar surface area (TPSA) is 95.0 Å². The molecule has 0 amide bonds. The van der Waals surface area contributed by atoms with Gasteiger partial charge in [0.2, 0.25) is 11.8 Å². The van der Waals surface area contributed by atoms with Crippen molar-refractivity contribution in [2.45, 2.75) is 76.7 Å². The van der Waals surface area contributed by atoms with Crippen LogP contribution in [-0.2, 0) is 0 Å². The van der Waals surface area contributed by atoms with Crippen molar-refractivity contribution >= 4 is 32.6 Å². The molecule has 4 bridgehead atoms. The number of fused-ring (bicyclic) bond motifs is 9. The highest BCUT2D eigenvalue weighted by Crippen LogP contribution is 2.47. The van der Waals surface area contributed by atoms with Crippen LogP contribution in [0.3, 0.4) is 0 Å². The number of methoxy groups -OCH3 is 2. The zero-order valence-electron chi connectivity index (χ0n) is 34.1. The Balaban J connectivity index is 1.06. The maximum atomic E-state index is 7.30. The minimum absolute atomic E-state index is 0.180. The summed E-state index contributed by atoms with van der Waals surface area (Å²) in [5, 5.41) is 13.7. The molecule has 0 saturated carbocycles. The van der Waals surface area contributed by atoms with Gasteiger partial charge in [0.05, 0.1) is 48.1 Å². The van der Waals surface area contributed by atoms with Crippen LogP contribution in [0.4, 0.5) is 0 Å². The van der Waals surface area contributed by atoms with Crippen molar-refractivity contribution in [3.05, 3.63) is 96.3 Å². The van der Waals surface area contributed by atoms with E-state index in [1.807, 2.05) is 36.7 Å². The monoisotopic (exact) mass is 778 g/mol. The number of ether oxygens (including phenoxy) is 4. The predicted molar refractivity (Wildman–Crippen MR) is 227 cm³/mol. The van der Waals surface area contributed by atoms with Gasteiger partial charge in [0.25, 0.3) is 0 Å². The molecule has 0 aliphatic carbocycles. The first-order valence-corrected chi connectivity index (χ1v) is 21.5. The fraction of sp³-hybridized carbons (Fsp3) is 0.458. The van der Waals surface area contributed by atoms with E-state index in [-0.39, 0.29) is 24.3 Å². The van der Waals surface area contributed by atoms with Crippen molar-refractivity contribution in [3.8, 4) is 23.3 Å². The Hall–Kier alpha value is -5.06. The lowest BCUT2D eigenvalue weighted by atomic mass is 9.72. The van der Waals surface area contributed by atoms with Crippen LogP contribution in [0.2, 0.25) is 0 Å². The molecule has 6 fully saturated rings. The van der Waals surface area contributed by atoms with Gasteiger partial charge in [-0.15, -0.1) is 10.2 Å². The van der Waals surface area contributed by atoms with E-state index in [0.717, 1.165) is 94.2 Å². The summed E-state index contributed by atoms with van der Waals surface area (Å²) < 4.78 is 26.0. The number of nitrogens with zero attached hydrogens (tertiary/aromatic N) is 6. The van der Waals surface area contributed by atoms with E-state index in [4.69, 9.17) is 39.1 Å². The number of benzene rings is 3. The van der Waals surface area contributed by atoms with Crippen molar-refractivity contribution in [1.29, 1.82) is 0 Å². The van der Waals surface area contributed by atoms with Gasteiger partial charge in [-0.1, -0.05) is 38.8 Å². The van der Waals surface area contributed by atoms with E-state index < -0.39 is 0 Å². The molecular formula is C48H54N6O4. The first-order valence-electron chi connectivity index (χ1n) is 21.5. The summed E-state index contributed by atoms with van der Waals surface area (Å²) in [7, 11) is 3.42. The molecule has 300 valence electrons. The Kier molecular flexibility index (Phi) is 10.0. The molecule has 10 heteroatoms. The molecule has 3 aromatic heterocycles. The summed E-state index contributed by atoms with van der Waals surface area (Å²) in [6.07, 6.45) is 10.2. The highest BCUT2D eigenvalue weighted by atomic mass is 16.5. The second kappa shape index (κ2) is 15.6. The summed E-state index contributed by atoms with van der Waals surface area (Å²) in [6, 6.07) is 25.1. The van der Waals surface area contributed by atoms with Crippen LogP contribution in [0.1, 0.15) is 75.7 Å². The largest absolute Gasteiger partial charge is 0.497 e. The van der Waals surface area contributed by atoms with Gasteiger partial charge in [-0.3, -0.25) is 19.8 Å². The van der Waals surface area contributed by atoms with Gasteiger partial charge in [-0.25, -0.2) is 0 Å². The predicted octanol–water partition coefficient (Wildman–Crippen LogP) is 9.22. The van der Waals surface area contributed by atoms with Crippen molar-refractivity contribution in [1.82, 2.24) is 30.0 Å². The van der Waals surface area contributed by atoms with Gasteiger partial charge in [0.15, 0.2) is 0 Å². The molecule has 5 unspecified atom stereocenters. The molecule has 58 heavy (non-hydrogen) atoms. The summed E-state index contributed by atoms with van der Waals surface area (Å²) in [5.41, 5.74) is 4.01. The van der Waals surface area contributed by atoms with Crippen LogP contribution in [0, 0.1) is 23.7 Å². The quantitative estimate of drug-likeness (QED) is 0.120. The fourth-order valence-electron chi connectivity index (χ4n) is 11.1. The molecule has 6 saturated heterocycles. The molecule has 6 aromatic rings. The standard InChI is InChI=1S/C48H54N6O4/c1-5-29-27-53-21-17-31(29)23-43(53)45(35-15-19-49-41-13-11-33(55-3)25-39(35)41)57-47-37-9-7-8-10-38(37)48(52-51-47)58-46(44-24-32-18-22-54(44)28-30(32)6-2)36-16-20-50-42-14-12-34(56-4)26-40(36)42/h7-16,19-20,25-26,29-32,43-46H,5-6,17-18,21-24,27-28H2,1-4H3/t29-,30+,31-,32?,43-,44?,45-,46?/m1/s1. The maximum absolute atomic E-state index is 7.30. The van der Waals surface area contributed by atoms with Gasteiger partial charge < -0.3 is 18.9 Å². The average molecular weight is 779 g/mol. The number of pyridine rings is 2. The van der Waals surface area contributed by atoms with E-state index in [0.29, 0.717) is 35.4 Å². The lowest BCUT2D eigenvalue weighted by Gasteiger charge is -2.52. The number of piperidine rings is 6. The van der Waals surface area contributed by atoms with Crippen molar-refractivity contribution in [2.24, 2.45) is 23.7 Å². The van der Waals surface area contributed by atoms with Crippen LogP contribution in [0.5, 0.6) is 23.3 Å². The van der Waals surface area contributed by atoms with E-state index in [2.05, 4.69) is 72.2 Å². The smallest absolute Gasteiger partial charge is 0.242 e. The lowest BCUT2D eigenvalue weighted by molar-refractivity contribution is -0.0505. The highest BCUT2D eigenvalue weighted by Gasteiger charge is 2.46. The first-order chi connectivity index (χ1) is 28.5. The maximum Gasteiger partial charge on any atom is 0.242 e. The Morgan fingerprint density at radius 3 is 1.47 bits per heavy atom. The Labute approximate surface area is 340 Å². The zero-order chi connectivity index (χ0) is 39.3. The molecule has 0 spiro atoms. The minimum Gasteiger partial charge on any atom is -0.497 e. The minimum atomic E-state index is -0.300. The van der Waals surface area contributed by atoms with Crippen LogP contribution in [-0.4, -0.2) is 82.4 Å². The summed E-state index contributed by atoms with van der Waals surface area (Å²) in [5.74, 6) is 5.39. The normalized spacial score (nSPS) is 27.4. The lowest BCUT2D eigenvalue weighted by Crippen LogP contribution is -2.56. The molecule has 12 rings (SSSR count). The molecule has 10 nitrogen and oxygen atoms in total. The molecule has 0 N–H and O–H groups in total. The van der Waals surface area contributed by atoms with Gasteiger partial charge >= 0.3 is 0 Å². The molecule has 6 aliphatic rings. The first kappa shape index (κ1) is 37.2. The number of hydrogen-bond acceptors (Lipinski definition) is 10. The Morgan fingerprint density at radius 2 is 1.07 bits per heavy atom. The molecule has 0 radical (unpaired) electrons. The molecule has 9 heterocycles. The summed E-state index contributed by atoms with van der Waals surface area (Å²) >= 11 is 0. The second-order valence-electron chi connectivity index (χ2n) is 17.0. The second-order valence-corrected chi connectivity index (χ2v) is 17.0. The summed E-state index contributed by atoms with van der Waals surface area (Å²) in [6.45, 7) is 9.00. The summed E-state index contributed by atoms with van der Waals surface area (Å²) in [4.78, 5) is 14.8. The van der Waals surface area contributed by atoms with Gasteiger partial charge in [-0.2, -0.15) is 0 Å². The number of rotatable bonds is 12. The van der Waals surface area contributed by atoms with Gasteiger partial charge in [-0.05, 0) is 123 Å². The molecular weight excluding hydrogens is 725 g/mol. The molecule has 6 aliphatic heterocycles. The van der Waals surface area contributed by atoms with E-state index in [9.17, 15) is 0 Å². The average Bonchev–Trinajstić information content (AvgIpc) is 3.29. The number of hydrogen-bond donors (Lipinski definition) is 0. The van der Waals surface area contributed by atoms with Gasteiger partial charge in [0, 0.05) is 47.4 Å². The van der Waals surface area contributed by atoms with Crippen LogP contribution in [0.15, 0.2) is 85.2 Å². The molecule has 3 aromatic carbocycles. The highest BCUT2D eigenvalue weighted by molar-refractivity contribution is 5.91. The van der Waals surface area contributed by atoms with Crippen LogP contribution >= 0.6 is 0 Å². The van der Waals surface area contributed by atoms with Crippen molar-refractivity contribution in [2.75, 3.05) is 40.4 Å². The molecule has 10 atom stereocenters. The zero-order valence-corrected chi connectivity index (χ0v) is 34.1. The van der Waals surface area contributed by atoms with Crippen molar-refractivity contribution in [3.63, 3.8) is 0 Å². The third-order valence-corrected chi connectivity index (χ3v) is 14.3. The number of aromatic nitrogens is 4. The van der Waals surface area contributed by atoms with Crippen molar-refractivity contribution < 1.29 is 18.9 Å². The fourth-order valence-corrected chi connectivity index (χ4v) is 11.1. The third-order valence-electron chi connectivity index (χ3n) is 14.3. The van der Waals surface area contributed by atoms with Crippen LogP contribution < -0.4 is 18.9 Å². The SMILES string of the molecule is CC[C@H]1CN2CCC1CC2C(Oc1nnc(O[C@H](c2ccnc3ccc(OC)cc23)[C@H]2C[C@H]3CCN2C[C@H]3CC)c2ccccc12)c1ccnc2ccc(OC)cc12. The van der Waals surface area contributed by atoms with Gasteiger partial charge in [0.1, 0.15) is 23.7 Å². The van der Waals surface area contributed by atoms with Crippen LogP contribution in [0.25, 0.3) is 32.6 Å². The van der Waals surface area contributed by atoms with E-state index in [1.54, 1.807) is 14.2 Å². The van der Waals surface area contributed by atoms with E-state index in [1.165, 1.54) is 25.7 Å². The third kappa shape index (κ3) is 6.58. The Morgan fingerprint density at radius 1 is 0.603 bits per heavy atom. The van der Waals surface area contributed by atoms with E-state index >= 15 is 0 Å².